The molecule has 0 aromatic carbocycles. The van der Waals surface area contributed by atoms with Crippen LogP contribution in [-0.4, -0.2) is 47.2 Å². The molecule has 0 saturated carbocycles. The van der Waals surface area contributed by atoms with E-state index in [1.807, 2.05) is 23.2 Å². The fraction of sp³-hybridized carbons (Fsp3) is 0.533. The molecule has 2 rings (SSSR count). The topological polar surface area (TPSA) is 74.8 Å². The van der Waals surface area contributed by atoms with E-state index < -0.39 is 11.7 Å². The minimum absolute atomic E-state index is 0.0990. The van der Waals surface area contributed by atoms with Crippen LogP contribution in [-0.2, 0) is 9.53 Å². The first-order valence-corrected chi connectivity index (χ1v) is 7.32. The average Bonchev–Trinajstić information content (AvgIpc) is 2.93. The van der Waals surface area contributed by atoms with Crippen molar-refractivity contribution in [2.75, 3.05) is 24.6 Å². The number of carbonyl (C=O) groups excluding carboxylic acids is 2. The van der Waals surface area contributed by atoms with Gasteiger partial charge >= 0.3 is 6.09 Å². The molecule has 7 nitrogen and oxygen atoms in total. The molecule has 2 amide bonds. The normalized spacial score (nSPS) is 14.9. The van der Waals surface area contributed by atoms with E-state index in [1.54, 1.807) is 32.0 Å². The number of alkyl carbamates (subject to hydrolysis) is 1. The third-order valence-electron chi connectivity index (χ3n) is 3.02. The van der Waals surface area contributed by atoms with E-state index in [4.69, 9.17) is 4.74 Å². The third-order valence-corrected chi connectivity index (χ3v) is 3.02. The number of ether oxygens (including phenoxy) is 1. The second-order valence-corrected chi connectivity index (χ2v) is 6.04. The van der Waals surface area contributed by atoms with Crippen LogP contribution in [0.3, 0.4) is 0 Å². The van der Waals surface area contributed by atoms with Gasteiger partial charge in [0, 0.05) is 19.3 Å². The van der Waals surface area contributed by atoms with Crippen molar-refractivity contribution in [2.24, 2.45) is 0 Å². The number of anilines is 1. The monoisotopic (exact) mass is 306 g/mol. The van der Waals surface area contributed by atoms with Gasteiger partial charge in [-0.1, -0.05) is 6.07 Å². The number of amides is 2. The summed E-state index contributed by atoms with van der Waals surface area (Å²) in [5.41, 5.74) is -0.583. The number of carbonyl (C=O) groups is 2. The number of nitrogens with zero attached hydrogens (tertiary/aromatic N) is 3. The zero-order chi connectivity index (χ0) is 16.2. The minimum atomic E-state index is -0.593. The summed E-state index contributed by atoms with van der Waals surface area (Å²) in [7, 11) is 0. The minimum Gasteiger partial charge on any atom is -0.444 e. The van der Waals surface area contributed by atoms with Crippen molar-refractivity contribution in [2.45, 2.75) is 32.8 Å². The molecule has 0 unspecified atom stereocenters. The molecule has 0 bridgehead atoms. The molecule has 0 spiro atoms. The first kappa shape index (κ1) is 16.1. The summed E-state index contributed by atoms with van der Waals surface area (Å²) in [5, 5.41) is 5.93. The summed E-state index contributed by atoms with van der Waals surface area (Å²) in [5.74, 6) is 0.541. The first-order chi connectivity index (χ1) is 10.4. The summed E-state index contributed by atoms with van der Waals surface area (Å²) in [6.07, 6.45) is 1.97. The average molecular weight is 306 g/mol. The molecule has 7 heteroatoms. The van der Waals surface area contributed by atoms with Gasteiger partial charge in [0.25, 0.3) is 5.91 Å². The van der Waals surface area contributed by atoms with Gasteiger partial charge in [-0.15, -0.1) is 0 Å². The van der Waals surface area contributed by atoms with E-state index in [1.165, 1.54) is 0 Å². The molecule has 0 aliphatic carbocycles. The SMILES string of the molecule is CC(C)(C)OC(=O)NCC(=O)N1CCCN1c1ccccn1. The van der Waals surface area contributed by atoms with Gasteiger partial charge in [0.05, 0.1) is 0 Å². The van der Waals surface area contributed by atoms with Gasteiger partial charge in [-0.3, -0.25) is 14.8 Å². The maximum atomic E-state index is 12.3. The van der Waals surface area contributed by atoms with E-state index in [2.05, 4.69) is 10.3 Å². The van der Waals surface area contributed by atoms with Gasteiger partial charge in [-0.25, -0.2) is 9.78 Å². The number of pyridine rings is 1. The van der Waals surface area contributed by atoms with Crippen molar-refractivity contribution in [3.05, 3.63) is 24.4 Å². The molecule has 0 atom stereocenters. The van der Waals surface area contributed by atoms with Crippen LogP contribution in [0.4, 0.5) is 10.6 Å². The van der Waals surface area contributed by atoms with Crippen molar-refractivity contribution in [3.8, 4) is 0 Å². The fourth-order valence-corrected chi connectivity index (χ4v) is 2.17. The lowest BCUT2D eigenvalue weighted by atomic mass is 10.2. The number of hydrogen-bond acceptors (Lipinski definition) is 5. The number of hydrazine groups is 1. The Morgan fingerprint density at radius 3 is 2.73 bits per heavy atom. The van der Waals surface area contributed by atoms with Gasteiger partial charge in [0.15, 0.2) is 0 Å². The smallest absolute Gasteiger partial charge is 0.408 e. The Morgan fingerprint density at radius 1 is 1.32 bits per heavy atom. The van der Waals surface area contributed by atoms with Gasteiger partial charge in [-0.05, 0) is 39.3 Å². The Bertz CT molecular complexity index is 527. The third kappa shape index (κ3) is 4.34. The molecule has 1 saturated heterocycles. The lowest BCUT2D eigenvalue weighted by Crippen LogP contribution is -2.47. The molecular weight excluding hydrogens is 284 g/mol. The summed E-state index contributed by atoms with van der Waals surface area (Å²) < 4.78 is 5.12. The summed E-state index contributed by atoms with van der Waals surface area (Å²) in [4.78, 5) is 28.1. The van der Waals surface area contributed by atoms with Crippen LogP contribution in [0.15, 0.2) is 24.4 Å². The van der Waals surface area contributed by atoms with Gasteiger partial charge in [0.2, 0.25) is 0 Å². The van der Waals surface area contributed by atoms with Crippen molar-refractivity contribution >= 4 is 17.8 Å². The highest BCUT2D eigenvalue weighted by Crippen LogP contribution is 2.18. The van der Waals surface area contributed by atoms with E-state index in [0.717, 1.165) is 18.8 Å². The number of aromatic nitrogens is 1. The molecule has 22 heavy (non-hydrogen) atoms. The van der Waals surface area contributed by atoms with Crippen LogP contribution < -0.4 is 10.3 Å². The predicted molar refractivity (Wildman–Crippen MR) is 82.1 cm³/mol. The van der Waals surface area contributed by atoms with Crippen LogP contribution in [0.2, 0.25) is 0 Å². The number of nitrogens with one attached hydrogen (secondary N) is 1. The lowest BCUT2D eigenvalue weighted by Gasteiger charge is -2.29. The Hall–Kier alpha value is -2.31. The molecule has 1 N–H and O–H groups in total. The fourth-order valence-electron chi connectivity index (χ4n) is 2.17. The maximum Gasteiger partial charge on any atom is 0.408 e. The van der Waals surface area contributed by atoms with Crippen LogP contribution in [0.25, 0.3) is 0 Å². The largest absolute Gasteiger partial charge is 0.444 e. The van der Waals surface area contributed by atoms with Crippen LogP contribution in [0, 0.1) is 0 Å². The van der Waals surface area contributed by atoms with Crippen LogP contribution in [0.5, 0.6) is 0 Å². The Labute approximate surface area is 130 Å². The van der Waals surface area contributed by atoms with Crippen molar-refractivity contribution in [1.82, 2.24) is 15.3 Å². The summed E-state index contributed by atoms with van der Waals surface area (Å²) in [6, 6.07) is 5.56. The van der Waals surface area contributed by atoms with E-state index >= 15 is 0 Å². The summed E-state index contributed by atoms with van der Waals surface area (Å²) >= 11 is 0. The van der Waals surface area contributed by atoms with E-state index in [-0.39, 0.29) is 12.5 Å². The molecule has 1 aliphatic rings. The summed E-state index contributed by atoms with van der Waals surface area (Å²) in [6.45, 7) is 6.58. The highest BCUT2D eigenvalue weighted by molar-refractivity contribution is 5.83. The number of hydrogen-bond donors (Lipinski definition) is 1. The zero-order valence-electron chi connectivity index (χ0n) is 13.2. The highest BCUT2D eigenvalue weighted by Gasteiger charge is 2.28. The highest BCUT2D eigenvalue weighted by atomic mass is 16.6. The van der Waals surface area contributed by atoms with Crippen LogP contribution in [0.1, 0.15) is 27.2 Å². The zero-order valence-corrected chi connectivity index (χ0v) is 13.2. The lowest BCUT2D eigenvalue weighted by molar-refractivity contribution is -0.129. The van der Waals surface area contributed by atoms with Gasteiger partial charge in [0.1, 0.15) is 18.0 Å². The van der Waals surface area contributed by atoms with Gasteiger partial charge in [-0.2, -0.15) is 0 Å². The van der Waals surface area contributed by atoms with Crippen molar-refractivity contribution in [3.63, 3.8) is 0 Å². The quantitative estimate of drug-likeness (QED) is 0.917. The van der Waals surface area contributed by atoms with E-state index in [0.29, 0.717) is 6.54 Å². The van der Waals surface area contributed by atoms with E-state index in [9.17, 15) is 9.59 Å². The molecule has 1 aliphatic heterocycles. The number of rotatable bonds is 3. The van der Waals surface area contributed by atoms with Crippen molar-refractivity contribution in [1.29, 1.82) is 0 Å². The second-order valence-electron chi connectivity index (χ2n) is 6.04. The second kappa shape index (κ2) is 6.64. The molecule has 1 fully saturated rings. The van der Waals surface area contributed by atoms with Gasteiger partial charge < -0.3 is 10.1 Å². The standard InChI is InChI=1S/C15H22N4O3/c1-15(2,3)22-14(21)17-11-13(20)19-10-6-9-18(19)12-7-4-5-8-16-12/h4-5,7-8H,6,9-11H2,1-3H3,(H,17,21). The van der Waals surface area contributed by atoms with Crippen LogP contribution >= 0.6 is 0 Å². The Morgan fingerprint density at radius 2 is 2.09 bits per heavy atom. The molecule has 120 valence electrons. The Balaban J connectivity index is 1.90. The van der Waals surface area contributed by atoms with Crippen molar-refractivity contribution < 1.29 is 14.3 Å². The predicted octanol–water partition coefficient (Wildman–Crippen LogP) is 1.56. The first-order valence-electron chi connectivity index (χ1n) is 7.32. The molecule has 1 aromatic heterocycles. The molecule has 2 heterocycles. The molecule has 0 radical (unpaired) electrons. The molecular formula is C15H22N4O3. The molecule has 1 aromatic rings. The maximum absolute atomic E-state index is 12.3. The Kier molecular flexibility index (Phi) is 4.85.